The summed E-state index contributed by atoms with van der Waals surface area (Å²) in [5.41, 5.74) is 5.78. The summed E-state index contributed by atoms with van der Waals surface area (Å²) >= 11 is 0. The number of nitrogens with zero attached hydrogens (tertiary/aromatic N) is 1. The van der Waals surface area contributed by atoms with E-state index in [2.05, 4.69) is 36.8 Å². The van der Waals surface area contributed by atoms with E-state index >= 15 is 0 Å². The second kappa shape index (κ2) is 9.26. The molecule has 0 unspecified atom stereocenters. The summed E-state index contributed by atoms with van der Waals surface area (Å²) in [6, 6.07) is 7.81. The molecule has 4 rings (SSSR count). The molecule has 2 aliphatic carbocycles. The zero-order valence-electron chi connectivity index (χ0n) is 20.0. The van der Waals surface area contributed by atoms with Crippen LogP contribution < -0.4 is 10.1 Å². The third-order valence-corrected chi connectivity index (χ3v) is 6.35. The molecule has 35 heavy (non-hydrogen) atoms. The number of benzene rings is 1. The van der Waals surface area contributed by atoms with Gasteiger partial charge in [-0.25, -0.2) is 4.79 Å². The fourth-order valence-corrected chi connectivity index (χ4v) is 4.62. The van der Waals surface area contributed by atoms with E-state index in [0.717, 1.165) is 22.4 Å². The third-order valence-electron chi connectivity index (χ3n) is 6.35. The maximum atomic E-state index is 12.8. The van der Waals surface area contributed by atoms with Gasteiger partial charge in [0.2, 0.25) is 0 Å². The van der Waals surface area contributed by atoms with E-state index in [4.69, 9.17) is 9.47 Å². The van der Waals surface area contributed by atoms with Gasteiger partial charge in [0, 0.05) is 40.7 Å². The Morgan fingerprint density at radius 3 is 2.77 bits per heavy atom. The molecular formula is C27H27N3O5. The Hall–Kier alpha value is -4.12. The number of fused-ring (bicyclic) bond motifs is 4. The summed E-state index contributed by atoms with van der Waals surface area (Å²) in [5.74, 6) is -0.297. The van der Waals surface area contributed by atoms with Crippen LogP contribution in [0.15, 0.2) is 35.9 Å². The molecule has 0 saturated carbocycles. The largest absolute Gasteiger partial charge is 0.484 e. The van der Waals surface area contributed by atoms with E-state index in [0.29, 0.717) is 34.6 Å². The molecule has 2 aromatic rings. The van der Waals surface area contributed by atoms with Crippen LogP contribution in [-0.4, -0.2) is 42.4 Å². The number of hydrogen-bond donors (Lipinski definition) is 2. The van der Waals surface area contributed by atoms with Gasteiger partial charge in [-0.15, -0.1) is 0 Å². The Kier molecular flexibility index (Phi) is 6.35. The Morgan fingerprint density at radius 1 is 1.29 bits per heavy atom. The molecule has 2 aliphatic rings. The molecule has 1 heterocycles. The lowest BCUT2D eigenvalue weighted by atomic mass is 9.71. The number of Topliss-reactive ketones (excluding diaryl/α,β-unsaturated/α-hetero) is 1. The molecule has 0 spiro atoms. The van der Waals surface area contributed by atoms with Crippen molar-refractivity contribution in [3.8, 4) is 11.8 Å². The fraction of sp³-hybridized carbons (Fsp3) is 0.333. The normalized spacial score (nSPS) is 15.0. The minimum Gasteiger partial charge on any atom is -0.484 e. The first-order valence-electron chi connectivity index (χ1n) is 11.4. The summed E-state index contributed by atoms with van der Waals surface area (Å²) in [6.07, 6.45) is 2.50. The standard InChI is InChI=1S/C27H27N3O5/c1-15(2)26(33)34-8-7-29-23(32)14-35-18-6-5-17-11-19-24-21(9-16(13-28)10-22(24)31)30-25(19)27(3,4)20(17)12-18/h5-6,9,12,30H,1,7-8,10-11,14H2,2-4H3,(H,29,32). The number of carbonyl (C=O) groups excluding carboxylic acids is 3. The van der Waals surface area contributed by atoms with Crippen molar-refractivity contribution in [1.82, 2.24) is 10.3 Å². The first-order valence-corrected chi connectivity index (χ1v) is 11.4. The number of aromatic amines is 1. The van der Waals surface area contributed by atoms with E-state index in [9.17, 15) is 19.6 Å². The minimum atomic E-state index is -0.496. The second-order valence-corrected chi connectivity index (χ2v) is 9.32. The molecule has 0 saturated heterocycles. The Labute approximate surface area is 203 Å². The molecule has 180 valence electrons. The van der Waals surface area contributed by atoms with E-state index < -0.39 is 11.4 Å². The van der Waals surface area contributed by atoms with Crippen molar-refractivity contribution < 1.29 is 23.9 Å². The van der Waals surface area contributed by atoms with Gasteiger partial charge in [0.1, 0.15) is 12.4 Å². The second-order valence-electron chi connectivity index (χ2n) is 9.32. The lowest BCUT2D eigenvalue weighted by Gasteiger charge is -2.33. The summed E-state index contributed by atoms with van der Waals surface area (Å²) < 4.78 is 10.7. The highest BCUT2D eigenvalue weighted by Gasteiger charge is 2.38. The van der Waals surface area contributed by atoms with Crippen LogP contribution in [0.4, 0.5) is 0 Å². The van der Waals surface area contributed by atoms with Gasteiger partial charge in [0.25, 0.3) is 5.91 Å². The molecule has 0 bridgehead atoms. The average molecular weight is 474 g/mol. The number of aromatic nitrogens is 1. The molecule has 0 radical (unpaired) electrons. The molecule has 8 heteroatoms. The molecule has 2 N–H and O–H groups in total. The van der Waals surface area contributed by atoms with Gasteiger partial charge in [-0.05, 0) is 41.8 Å². The van der Waals surface area contributed by atoms with Crippen LogP contribution in [0.25, 0.3) is 6.08 Å². The highest BCUT2D eigenvalue weighted by molar-refractivity contribution is 6.06. The molecule has 1 aromatic heterocycles. The topological polar surface area (TPSA) is 121 Å². The number of rotatable bonds is 7. The number of carbonyl (C=O) groups is 3. The Bertz CT molecular complexity index is 1320. The lowest BCUT2D eigenvalue weighted by Crippen LogP contribution is -2.32. The van der Waals surface area contributed by atoms with Crippen LogP contribution in [-0.2, 0) is 26.2 Å². The van der Waals surface area contributed by atoms with Crippen molar-refractivity contribution in [2.24, 2.45) is 0 Å². The van der Waals surface area contributed by atoms with Gasteiger partial charge < -0.3 is 19.8 Å². The molecule has 0 aliphatic heterocycles. The summed E-state index contributed by atoms with van der Waals surface area (Å²) in [6.45, 7) is 9.27. The van der Waals surface area contributed by atoms with Crippen LogP contribution in [0.3, 0.4) is 0 Å². The SMILES string of the molecule is C=C(C)C(=O)OCCNC(=O)COc1ccc2c(c1)C(C)(C)c1[nH]c3c(c1C2)C(=O)CC(C#N)=C3. The maximum Gasteiger partial charge on any atom is 0.333 e. The minimum absolute atomic E-state index is 0.0313. The van der Waals surface area contributed by atoms with Crippen LogP contribution in [0.5, 0.6) is 5.75 Å². The van der Waals surface area contributed by atoms with Crippen molar-refractivity contribution in [3.63, 3.8) is 0 Å². The average Bonchev–Trinajstić information content (AvgIpc) is 3.20. The van der Waals surface area contributed by atoms with Gasteiger partial charge in [0.15, 0.2) is 12.4 Å². The van der Waals surface area contributed by atoms with Gasteiger partial charge in [-0.3, -0.25) is 9.59 Å². The van der Waals surface area contributed by atoms with Crippen molar-refractivity contribution in [2.75, 3.05) is 19.8 Å². The fourth-order valence-electron chi connectivity index (χ4n) is 4.62. The number of nitriles is 1. The Morgan fingerprint density at radius 2 is 2.06 bits per heavy atom. The zero-order valence-corrected chi connectivity index (χ0v) is 20.0. The highest BCUT2D eigenvalue weighted by Crippen LogP contribution is 2.45. The highest BCUT2D eigenvalue weighted by atomic mass is 16.5. The van der Waals surface area contributed by atoms with Crippen molar-refractivity contribution in [3.05, 3.63) is 69.6 Å². The number of ether oxygens (including phenoxy) is 2. The van der Waals surface area contributed by atoms with E-state index in [1.165, 1.54) is 0 Å². The number of allylic oxidation sites excluding steroid dienone is 1. The predicted molar refractivity (Wildman–Crippen MR) is 129 cm³/mol. The molecule has 1 amide bonds. The Balaban J connectivity index is 1.45. The van der Waals surface area contributed by atoms with Crippen LogP contribution in [0.1, 0.15) is 65.6 Å². The van der Waals surface area contributed by atoms with Crippen molar-refractivity contribution in [1.29, 1.82) is 5.26 Å². The summed E-state index contributed by atoms with van der Waals surface area (Å²) in [7, 11) is 0. The number of hydrogen-bond acceptors (Lipinski definition) is 6. The first-order chi connectivity index (χ1) is 16.6. The predicted octanol–water partition coefficient (Wildman–Crippen LogP) is 3.35. The number of amides is 1. The van der Waals surface area contributed by atoms with Gasteiger partial charge in [-0.2, -0.15) is 5.26 Å². The summed E-state index contributed by atoms with van der Waals surface area (Å²) in [5, 5.41) is 11.9. The number of H-pyrrole nitrogens is 1. The molecule has 0 fully saturated rings. The lowest BCUT2D eigenvalue weighted by molar-refractivity contribution is -0.139. The number of esters is 1. The monoisotopic (exact) mass is 473 g/mol. The van der Waals surface area contributed by atoms with Gasteiger partial charge >= 0.3 is 5.97 Å². The van der Waals surface area contributed by atoms with E-state index in [-0.39, 0.29) is 37.9 Å². The maximum absolute atomic E-state index is 12.8. The van der Waals surface area contributed by atoms with Gasteiger partial charge in [0.05, 0.1) is 18.3 Å². The molecule has 0 atom stereocenters. The first kappa shape index (κ1) is 24.0. The molecule has 8 nitrogen and oxygen atoms in total. The zero-order chi connectivity index (χ0) is 25.3. The molecular weight excluding hydrogens is 446 g/mol. The van der Waals surface area contributed by atoms with Gasteiger partial charge in [-0.1, -0.05) is 26.5 Å². The quantitative estimate of drug-likeness (QED) is 0.361. The van der Waals surface area contributed by atoms with Crippen LogP contribution in [0, 0.1) is 11.3 Å². The van der Waals surface area contributed by atoms with E-state index in [1.807, 2.05) is 18.2 Å². The van der Waals surface area contributed by atoms with Crippen LogP contribution >= 0.6 is 0 Å². The van der Waals surface area contributed by atoms with Crippen molar-refractivity contribution >= 4 is 23.7 Å². The van der Waals surface area contributed by atoms with Crippen molar-refractivity contribution in [2.45, 2.75) is 39.0 Å². The molecule has 1 aromatic carbocycles. The van der Waals surface area contributed by atoms with Crippen LogP contribution in [0.2, 0.25) is 0 Å². The smallest absolute Gasteiger partial charge is 0.333 e. The number of nitrogens with one attached hydrogen (secondary N) is 2. The third kappa shape index (κ3) is 4.62. The van der Waals surface area contributed by atoms with E-state index in [1.54, 1.807) is 13.0 Å². The number of ketones is 1. The summed E-state index contributed by atoms with van der Waals surface area (Å²) in [4.78, 5) is 39.6.